The Hall–Kier alpha value is -0.610. The summed E-state index contributed by atoms with van der Waals surface area (Å²) < 4.78 is 0.999. The van der Waals surface area contributed by atoms with Crippen LogP contribution in [0.3, 0.4) is 0 Å². The smallest absolute Gasteiger partial charge is 0.104 e. The molecular formula is C13H19BrN2S. The second-order valence-corrected chi connectivity index (χ2v) is 6.03. The van der Waals surface area contributed by atoms with E-state index >= 15 is 0 Å². The SMILES string of the molecule is CC(C)CC(C)Nc1ccc(C(N)=S)cc1Br. The Morgan fingerprint density at radius 2 is 2.06 bits per heavy atom. The Labute approximate surface area is 117 Å². The summed E-state index contributed by atoms with van der Waals surface area (Å²) in [7, 11) is 0. The zero-order valence-electron chi connectivity index (χ0n) is 10.5. The number of rotatable bonds is 5. The van der Waals surface area contributed by atoms with Crippen molar-refractivity contribution in [2.75, 3.05) is 5.32 Å². The average Bonchev–Trinajstić information content (AvgIpc) is 2.19. The molecule has 0 amide bonds. The van der Waals surface area contributed by atoms with Crippen molar-refractivity contribution >= 4 is 38.8 Å². The molecule has 0 aliphatic heterocycles. The van der Waals surface area contributed by atoms with Crippen molar-refractivity contribution in [1.82, 2.24) is 0 Å². The van der Waals surface area contributed by atoms with Crippen LogP contribution in [-0.4, -0.2) is 11.0 Å². The molecule has 4 heteroatoms. The number of anilines is 1. The lowest BCUT2D eigenvalue weighted by Gasteiger charge is -2.18. The van der Waals surface area contributed by atoms with Crippen molar-refractivity contribution in [3.8, 4) is 0 Å². The summed E-state index contributed by atoms with van der Waals surface area (Å²) in [5, 5.41) is 3.48. The van der Waals surface area contributed by atoms with Gasteiger partial charge in [0.2, 0.25) is 0 Å². The number of hydrogen-bond acceptors (Lipinski definition) is 2. The van der Waals surface area contributed by atoms with Crippen LogP contribution >= 0.6 is 28.1 Å². The Morgan fingerprint density at radius 3 is 2.53 bits per heavy atom. The molecule has 0 bridgehead atoms. The minimum absolute atomic E-state index is 0.424. The van der Waals surface area contributed by atoms with E-state index in [-0.39, 0.29) is 0 Å². The van der Waals surface area contributed by atoms with Gasteiger partial charge < -0.3 is 11.1 Å². The van der Waals surface area contributed by atoms with Gasteiger partial charge in [-0.15, -0.1) is 0 Å². The number of benzene rings is 1. The van der Waals surface area contributed by atoms with Gasteiger partial charge in [0.1, 0.15) is 4.99 Å². The molecule has 3 N–H and O–H groups in total. The molecule has 2 nitrogen and oxygen atoms in total. The highest BCUT2D eigenvalue weighted by Crippen LogP contribution is 2.25. The van der Waals surface area contributed by atoms with Crippen molar-refractivity contribution in [2.24, 2.45) is 11.7 Å². The molecule has 1 unspecified atom stereocenters. The number of halogens is 1. The first-order chi connectivity index (χ1) is 7.90. The quantitative estimate of drug-likeness (QED) is 0.809. The van der Waals surface area contributed by atoms with Gasteiger partial charge in [-0.2, -0.15) is 0 Å². The minimum Gasteiger partial charge on any atom is -0.389 e. The zero-order valence-corrected chi connectivity index (χ0v) is 12.9. The van der Waals surface area contributed by atoms with E-state index in [1.807, 2.05) is 18.2 Å². The van der Waals surface area contributed by atoms with E-state index in [9.17, 15) is 0 Å². The van der Waals surface area contributed by atoms with Crippen LogP contribution in [-0.2, 0) is 0 Å². The summed E-state index contributed by atoms with van der Waals surface area (Å²) in [4.78, 5) is 0.424. The largest absolute Gasteiger partial charge is 0.389 e. The summed E-state index contributed by atoms with van der Waals surface area (Å²) in [6.07, 6.45) is 1.14. The minimum atomic E-state index is 0.424. The number of nitrogens with one attached hydrogen (secondary N) is 1. The molecule has 0 aliphatic carbocycles. The van der Waals surface area contributed by atoms with Crippen molar-refractivity contribution in [3.63, 3.8) is 0 Å². The zero-order chi connectivity index (χ0) is 13.0. The van der Waals surface area contributed by atoms with Gasteiger partial charge >= 0.3 is 0 Å². The van der Waals surface area contributed by atoms with Gasteiger partial charge in [-0.1, -0.05) is 26.1 Å². The first-order valence-corrected chi connectivity index (χ1v) is 6.96. The predicted molar refractivity (Wildman–Crippen MR) is 82.6 cm³/mol. The van der Waals surface area contributed by atoms with Crippen LogP contribution in [0.25, 0.3) is 0 Å². The van der Waals surface area contributed by atoms with Crippen LogP contribution in [0, 0.1) is 5.92 Å². The summed E-state index contributed by atoms with van der Waals surface area (Å²) in [6, 6.07) is 6.35. The van der Waals surface area contributed by atoms with Crippen molar-refractivity contribution in [1.29, 1.82) is 0 Å². The van der Waals surface area contributed by atoms with Gasteiger partial charge in [0, 0.05) is 21.8 Å². The van der Waals surface area contributed by atoms with E-state index in [1.165, 1.54) is 0 Å². The Kier molecular flexibility index (Phi) is 5.40. The molecule has 1 rings (SSSR count). The molecule has 94 valence electrons. The van der Waals surface area contributed by atoms with E-state index in [2.05, 4.69) is 42.0 Å². The highest BCUT2D eigenvalue weighted by molar-refractivity contribution is 9.10. The highest BCUT2D eigenvalue weighted by atomic mass is 79.9. The van der Waals surface area contributed by atoms with Crippen LogP contribution < -0.4 is 11.1 Å². The second-order valence-electron chi connectivity index (χ2n) is 4.73. The maximum Gasteiger partial charge on any atom is 0.104 e. The average molecular weight is 315 g/mol. The first kappa shape index (κ1) is 14.5. The van der Waals surface area contributed by atoms with Gasteiger partial charge in [-0.05, 0) is 53.4 Å². The lowest BCUT2D eigenvalue weighted by Crippen LogP contribution is -2.18. The van der Waals surface area contributed by atoms with Crippen molar-refractivity contribution in [2.45, 2.75) is 33.2 Å². The van der Waals surface area contributed by atoms with E-state index in [4.69, 9.17) is 18.0 Å². The third kappa shape index (κ3) is 4.64. The molecule has 1 atom stereocenters. The molecule has 0 aromatic heterocycles. The van der Waals surface area contributed by atoms with Crippen LogP contribution in [0.4, 0.5) is 5.69 Å². The maximum absolute atomic E-state index is 5.59. The summed E-state index contributed by atoms with van der Waals surface area (Å²) in [5.41, 5.74) is 7.55. The molecule has 0 heterocycles. The topological polar surface area (TPSA) is 38.0 Å². The Balaban J connectivity index is 2.75. The van der Waals surface area contributed by atoms with Crippen LogP contribution in [0.5, 0.6) is 0 Å². The number of nitrogens with two attached hydrogens (primary N) is 1. The molecular weight excluding hydrogens is 296 g/mol. The molecule has 17 heavy (non-hydrogen) atoms. The Morgan fingerprint density at radius 1 is 1.41 bits per heavy atom. The summed E-state index contributed by atoms with van der Waals surface area (Å²) in [5.74, 6) is 0.687. The van der Waals surface area contributed by atoms with Gasteiger partial charge in [-0.3, -0.25) is 0 Å². The standard InChI is InChI=1S/C13H19BrN2S/c1-8(2)6-9(3)16-12-5-4-10(13(15)17)7-11(12)14/h4-5,7-9,16H,6H2,1-3H3,(H2,15,17). The van der Waals surface area contributed by atoms with Crippen LogP contribution in [0.2, 0.25) is 0 Å². The van der Waals surface area contributed by atoms with E-state index in [1.54, 1.807) is 0 Å². The first-order valence-electron chi connectivity index (χ1n) is 5.76. The van der Waals surface area contributed by atoms with Gasteiger partial charge in [0.25, 0.3) is 0 Å². The molecule has 0 fully saturated rings. The van der Waals surface area contributed by atoms with Crippen molar-refractivity contribution < 1.29 is 0 Å². The Bertz CT molecular complexity index is 404. The summed E-state index contributed by atoms with van der Waals surface area (Å²) in [6.45, 7) is 6.64. The van der Waals surface area contributed by atoms with Gasteiger partial charge in [0.05, 0.1) is 0 Å². The maximum atomic E-state index is 5.59. The number of thiocarbonyl (C=S) groups is 1. The predicted octanol–water partition coefficient (Wildman–Crippen LogP) is 3.93. The van der Waals surface area contributed by atoms with Gasteiger partial charge in [0.15, 0.2) is 0 Å². The van der Waals surface area contributed by atoms with Crippen LogP contribution in [0.1, 0.15) is 32.8 Å². The fourth-order valence-corrected chi connectivity index (χ4v) is 2.44. The monoisotopic (exact) mass is 314 g/mol. The third-order valence-electron chi connectivity index (χ3n) is 2.48. The molecule has 0 aliphatic rings. The number of hydrogen-bond donors (Lipinski definition) is 2. The lowest BCUT2D eigenvalue weighted by molar-refractivity contribution is 0.539. The lowest BCUT2D eigenvalue weighted by atomic mass is 10.0. The highest BCUT2D eigenvalue weighted by Gasteiger charge is 2.08. The van der Waals surface area contributed by atoms with Gasteiger partial charge in [-0.25, -0.2) is 0 Å². The molecule has 0 saturated heterocycles. The van der Waals surface area contributed by atoms with E-state index in [0.29, 0.717) is 16.9 Å². The molecule has 0 spiro atoms. The summed E-state index contributed by atoms with van der Waals surface area (Å²) >= 11 is 8.48. The molecule has 0 saturated carbocycles. The van der Waals surface area contributed by atoms with Crippen LogP contribution in [0.15, 0.2) is 22.7 Å². The van der Waals surface area contributed by atoms with Crippen molar-refractivity contribution in [3.05, 3.63) is 28.2 Å². The molecule has 1 aromatic rings. The fraction of sp³-hybridized carbons (Fsp3) is 0.462. The normalized spacial score (nSPS) is 12.5. The fourth-order valence-electron chi connectivity index (χ4n) is 1.82. The van der Waals surface area contributed by atoms with E-state index in [0.717, 1.165) is 22.1 Å². The van der Waals surface area contributed by atoms with E-state index < -0.39 is 0 Å². The second kappa shape index (κ2) is 6.36. The third-order valence-corrected chi connectivity index (χ3v) is 3.37. The molecule has 0 radical (unpaired) electrons. The molecule has 1 aromatic carbocycles.